The lowest BCUT2D eigenvalue weighted by Gasteiger charge is -2.37. The van der Waals surface area contributed by atoms with Crippen LogP contribution in [-0.4, -0.2) is 36.1 Å². The summed E-state index contributed by atoms with van der Waals surface area (Å²) >= 11 is 0. The van der Waals surface area contributed by atoms with E-state index in [-0.39, 0.29) is 24.1 Å². The smallest absolute Gasteiger partial charge is 0.272 e. The minimum Gasteiger partial charge on any atom is -0.386 e. The van der Waals surface area contributed by atoms with Gasteiger partial charge in [-0.1, -0.05) is 18.2 Å². The first-order chi connectivity index (χ1) is 19.2. The van der Waals surface area contributed by atoms with E-state index in [1.807, 2.05) is 35.2 Å². The fourth-order valence-electron chi connectivity index (χ4n) is 5.97. The van der Waals surface area contributed by atoms with Crippen molar-refractivity contribution >= 4 is 16.7 Å². The number of nitrogens with zero attached hydrogens (tertiary/aromatic N) is 4. The summed E-state index contributed by atoms with van der Waals surface area (Å²) in [6.45, 7) is 3.96. The summed E-state index contributed by atoms with van der Waals surface area (Å²) in [4.78, 5) is 38.4. The van der Waals surface area contributed by atoms with Crippen LogP contribution in [0.5, 0.6) is 0 Å². The highest BCUT2D eigenvalue weighted by molar-refractivity contribution is 5.94. The number of hydrogen-bond acceptors (Lipinski definition) is 7. The Labute approximate surface area is 232 Å². The maximum Gasteiger partial charge on any atom is 0.272 e. The van der Waals surface area contributed by atoms with E-state index in [1.165, 1.54) is 5.56 Å². The highest BCUT2D eigenvalue weighted by atomic mass is 16.3. The van der Waals surface area contributed by atoms with Gasteiger partial charge in [0.15, 0.2) is 0 Å². The van der Waals surface area contributed by atoms with E-state index >= 15 is 0 Å². The van der Waals surface area contributed by atoms with Gasteiger partial charge in [-0.2, -0.15) is 5.10 Å². The van der Waals surface area contributed by atoms with Crippen molar-refractivity contribution in [1.82, 2.24) is 25.1 Å². The van der Waals surface area contributed by atoms with Crippen molar-refractivity contribution in [1.29, 1.82) is 0 Å². The second kappa shape index (κ2) is 9.91. The number of hydrogen-bond donors (Lipinski definition) is 3. The van der Waals surface area contributed by atoms with Gasteiger partial charge in [-0.05, 0) is 81.3 Å². The van der Waals surface area contributed by atoms with E-state index < -0.39 is 11.0 Å². The van der Waals surface area contributed by atoms with Gasteiger partial charge in [-0.15, -0.1) is 0 Å². The molecule has 4 aromatic rings. The van der Waals surface area contributed by atoms with Crippen molar-refractivity contribution in [2.75, 3.05) is 0 Å². The molecule has 1 fully saturated rings. The van der Waals surface area contributed by atoms with Crippen molar-refractivity contribution < 1.29 is 9.90 Å². The number of nitrogens with one attached hydrogen (secondary N) is 1. The minimum atomic E-state index is -1.000. The van der Waals surface area contributed by atoms with Crippen LogP contribution in [0.25, 0.3) is 10.8 Å². The minimum absolute atomic E-state index is 0.0378. The maximum absolute atomic E-state index is 14.6. The second-order valence-corrected chi connectivity index (χ2v) is 11.5. The van der Waals surface area contributed by atoms with Crippen LogP contribution in [0, 0.1) is 0 Å². The Hall–Kier alpha value is -3.95. The Morgan fingerprint density at radius 3 is 2.70 bits per heavy atom. The first-order valence-electron chi connectivity index (χ1n) is 13.9. The highest BCUT2D eigenvalue weighted by Gasteiger charge is 2.54. The number of fused-ring (bicyclic) bond motifs is 2. The number of H-pyrrole nitrogens is 1. The number of carbonyl (C=O) groups excluding carboxylic acids is 1. The van der Waals surface area contributed by atoms with E-state index in [1.54, 1.807) is 32.3 Å². The largest absolute Gasteiger partial charge is 0.386 e. The van der Waals surface area contributed by atoms with Gasteiger partial charge in [-0.3, -0.25) is 19.6 Å². The molecule has 1 atom stereocenters. The summed E-state index contributed by atoms with van der Waals surface area (Å²) in [6.07, 6.45) is 7.65. The van der Waals surface area contributed by atoms with Gasteiger partial charge in [0, 0.05) is 29.9 Å². The molecule has 1 saturated carbocycles. The molecule has 0 aliphatic heterocycles. The van der Waals surface area contributed by atoms with E-state index in [4.69, 9.17) is 10.7 Å². The Morgan fingerprint density at radius 2 is 2.00 bits per heavy atom. The second-order valence-electron chi connectivity index (χ2n) is 11.5. The van der Waals surface area contributed by atoms with E-state index in [0.717, 1.165) is 49.1 Å². The first-order valence-corrected chi connectivity index (χ1v) is 13.9. The normalized spacial score (nSPS) is 17.9. The number of aromatic nitrogens is 4. The molecular formula is C31H34N6O3. The molecule has 9 nitrogen and oxygen atoms in total. The van der Waals surface area contributed by atoms with Crippen LogP contribution >= 0.6 is 0 Å². The third-order valence-electron chi connectivity index (χ3n) is 8.44. The molecule has 3 aromatic heterocycles. The molecule has 0 spiro atoms. The van der Waals surface area contributed by atoms with Gasteiger partial charge < -0.3 is 15.7 Å². The van der Waals surface area contributed by atoms with Gasteiger partial charge in [0.2, 0.25) is 5.91 Å². The SMILES string of the molecule is CC(C)(O)c1ccc(CN(C(=O)C2(c3ccc4c(=O)[nH]nc(CN)c4c3)CC2)C2CCCc3cccnc32)nc1. The van der Waals surface area contributed by atoms with Crippen LogP contribution in [0.4, 0.5) is 0 Å². The quantitative estimate of drug-likeness (QED) is 0.327. The summed E-state index contributed by atoms with van der Waals surface area (Å²) in [6, 6.07) is 13.2. The number of aromatic amines is 1. The third kappa shape index (κ3) is 4.59. The summed E-state index contributed by atoms with van der Waals surface area (Å²) in [7, 11) is 0. The Kier molecular flexibility index (Phi) is 6.51. The average molecular weight is 539 g/mol. The Balaban J connectivity index is 1.41. The number of benzene rings is 1. The molecule has 2 aliphatic rings. The third-order valence-corrected chi connectivity index (χ3v) is 8.44. The number of aliphatic hydroxyl groups is 1. The van der Waals surface area contributed by atoms with Crippen LogP contribution < -0.4 is 11.3 Å². The topological polar surface area (TPSA) is 138 Å². The lowest BCUT2D eigenvalue weighted by molar-refractivity contribution is -0.137. The van der Waals surface area contributed by atoms with Crippen molar-refractivity contribution in [2.45, 2.75) is 76.1 Å². The molecule has 40 heavy (non-hydrogen) atoms. The molecule has 3 heterocycles. The summed E-state index contributed by atoms with van der Waals surface area (Å²) in [5.41, 5.74) is 9.02. The van der Waals surface area contributed by atoms with Crippen molar-refractivity contribution in [3.05, 3.63) is 99.0 Å². The number of amides is 1. The zero-order valence-corrected chi connectivity index (χ0v) is 22.9. The number of rotatable bonds is 7. The first kappa shape index (κ1) is 26.3. The van der Waals surface area contributed by atoms with Gasteiger partial charge in [0.25, 0.3) is 5.56 Å². The van der Waals surface area contributed by atoms with E-state index in [9.17, 15) is 14.7 Å². The average Bonchev–Trinajstić information content (AvgIpc) is 3.77. The number of nitrogens with two attached hydrogens (primary N) is 1. The highest BCUT2D eigenvalue weighted by Crippen LogP contribution is 2.52. The molecule has 2 aliphatic carbocycles. The number of carbonyl (C=O) groups is 1. The van der Waals surface area contributed by atoms with E-state index in [2.05, 4.69) is 21.2 Å². The molecular weight excluding hydrogens is 504 g/mol. The summed E-state index contributed by atoms with van der Waals surface area (Å²) < 4.78 is 0. The molecule has 1 unspecified atom stereocenters. The van der Waals surface area contributed by atoms with Crippen LogP contribution in [0.1, 0.15) is 79.3 Å². The predicted octanol–water partition coefficient (Wildman–Crippen LogP) is 3.54. The molecule has 6 rings (SSSR count). The fourth-order valence-corrected chi connectivity index (χ4v) is 5.97. The van der Waals surface area contributed by atoms with Gasteiger partial charge in [0.1, 0.15) is 0 Å². The zero-order valence-electron chi connectivity index (χ0n) is 22.9. The Morgan fingerprint density at radius 1 is 1.18 bits per heavy atom. The predicted molar refractivity (Wildman–Crippen MR) is 151 cm³/mol. The molecule has 9 heteroatoms. The van der Waals surface area contributed by atoms with Crippen molar-refractivity contribution in [3.8, 4) is 0 Å². The fraction of sp³-hybridized carbons (Fsp3) is 0.387. The molecule has 0 radical (unpaired) electrons. The van der Waals surface area contributed by atoms with Gasteiger partial charge >= 0.3 is 0 Å². The molecule has 1 aromatic carbocycles. The van der Waals surface area contributed by atoms with Crippen LogP contribution in [0.15, 0.2) is 59.7 Å². The number of aryl methyl sites for hydroxylation is 1. The molecule has 0 saturated heterocycles. The van der Waals surface area contributed by atoms with Crippen LogP contribution in [0.3, 0.4) is 0 Å². The summed E-state index contributed by atoms with van der Waals surface area (Å²) in [5, 5.41) is 18.2. The Bertz CT molecular complexity index is 1640. The lowest BCUT2D eigenvalue weighted by Crippen LogP contribution is -2.43. The molecule has 0 bridgehead atoms. The monoisotopic (exact) mass is 538 g/mol. The molecule has 1 amide bonds. The molecule has 4 N–H and O–H groups in total. The molecule has 206 valence electrons. The van der Waals surface area contributed by atoms with Gasteiger partial charge in [0.05, 0.1) is 46.1 Å². The van der Waals surface area contributed by atoms with E-state index in [0.29, 0.717) is 28.6 Å². The maximum atomic E-state index is 14.6. The zero-order chi connectivity index (χ0) is 28.1. The van der Waals surface area contributed by atoms with Crippen molar-refractivity contribution in [2.24, 2.45) is 5.73 Å². The lowest BCUT2D eigenvalue weighted by atomic mass is 9.87. The summed E-state index contributed by atoms with van der Waals surface area (Å²) in [5.74, 6) is 0.0378. The van der Waals surface area contributed by atoms with Crippen LogP contribution in [0.2, 0.25) is 0 Å². The standard InChI is InChI=1S/C31H34N6O3/c1-30(2,40)21-8-10-22(34-17-21)18-37(26-7-3-5-19-6-4-14-33-27(19)26)29(39)31(12-13-31)20-9-11-23-24(15-20)25(16-32)35-36-28(23)38/h4,6,8-11,14-15,17,26,40H,3,5,7,12-13,16,18,32H2,1-2H3,(H,36,38). The van der Waals surface area contributed by atoms with Crippen LogP contribution in [-0.2, 0) is 35.3 Å². The van der Waals surface area contributed by atoms with Crippen molar-refractivity contribution in [3.63, 3.8) is 0 Å². The number of pyridine rings is 2. The van der Waals surface area contributed by atoms with Gasteiger partial charge in [-0.25, -0.2) is 5.10 Å².